The highest BCUT2D eigenvalue weighted by Crippen LogP contribution is 2.25. The molecule has 0 radical (unpaired) electrons. The molecule has 1 N–H and O–H groups in total. The molecule has 156 valence electrons. The number of imide groups is 1. The second kappa shape index (κ2) is 9.55. The summed E-state index contributed by atoms with van der Waals surface area (Å²) in [4.78, 5) is 49.0. The minimum Gasteiger partial charge on any atom is -0.493 e. The van der Waals surface area contributed by atoms with Gasteiger partial charge in [-0.25, -0.2) is 0 Å². The van der Waals surface area contributed by atoms with Crippen molar-refractivity contribution in [2.45, 2.75) is 0 Å². The van der Waals surface area contributed by atoms with Gasteiger partial charge in [0.25, 0.3) is 17.7 Å². The fraction of sp³-hybridized carbons (Fsp3) is 0.238. The zero-order valence-electron chi connectivity index (χ0n) is 16.3. The van der Waals surface area contributed by atoms with Crippen molar-refractivity contribution in [3.05, 3.63) is 59.7 Å². The summed E-state index contributed by atoms with van der Waals surface area (Å²) < 4.78 is 15.5. The maximum atomic E-state index is 12.2. The first kappa shape index (κ1) is 20.8. The second-order valence-electron chi connectivity index (χ2n) is 6.25. The summed E-state index contributed by atoms with van der Waals surface area (Å²) in [5.41, 5.74) is 0.478. The van der Waals surface area contributed by atoms with E-state index in [0.717, 1.165) is 4.90 Å². The zero-order valence-corrected chi connectivity index (χ0v) is 16.3. The Kier molecular flexibility index (Phi) is 6.63. The SMILES string of the molecule is COc1ccccc1OCCNC(=O)COC(=O)CN1C(=O)c2ccccc2C1=O. The van der Waals surface area contributed by atoms with Crippen molar-refractivity contribution in [3.8, 4) is 11.5 Å². The number of carbonyl (C=O) groups excluding carboxylic acids is 4. The van der Waals surface area contributed by atoms with Gasteiger partial charge in [-0.3, -0.25) is 24.1 Å². The third-order valence-electron chi connectivity index (χ3n) is 4.28. The number of carbonyl (C=O) groups is 4. The first-order valence-corrected chi connectivity index (χ1v) is 9.14. The number of nitrogens with zero attached hydrogens (tertiary/aromatic N) is 1. The van der Waals surface area contributed by atoms with Crippen LogP contribution in [0.1, 0.15) is 20.7 Å². The molecule has 0 bridgehead atoms. The molecular weight excluding hydrogens is 392 g/mol. The maximum Gasteiger partial charge on any atom is 0.326 e. The largest absolute Gasteiger partial charge is 0.493 e. The third-order valence-corrected chi connectivity index (χ3v) is 4.28. The van der Waals surface area contributed by atoms with E-state index in [2.05, 4.69) is 5.32 Å². The number of amides is 3. The lowest BCUT2D eigenvalue weighted by Gasteiger charge is -2.13. The number of ether oxygens (including phenoxy) is 3. The highest BCUT2D eigenvalue weighted by molar-refractivity contribution is 6.22. The molecule has 0 aromatic heterocycles. The second-order valence-corrected chi connectivity index (χ2v) is 6.25. The Hall–Kier alpha value is -3.88. The van der Waals surface area contributed by atoms with Gasteiger partial charge < -0.3 is 19.5 Å². The first-order chi connectivity index (χ1) is 14.5. The quantitative estimate of drug-likeness (QED) is 0.372. The summed E-state index contributed by atoms with van der Waals surface area (Å²) in [5.74, 6) is -1.40. The van der Waals surface area contributed by atoms with Crippen molar-refractivity contribution < 1.29 is 33.4 Å². The highest BCUT2D eigenvalue weighted by atomic mass is 16.5. The van der Waals surface area contributed by atoms with Gasteiger partial charge in [-0.1, -0.05) is 24.3 Å². The fourth-order valence-corrected chi connectivity index (χ4v) is 2.84. The Morgan fingerprint density at radius 2 is 1.53 bits per heavy atom. The van der Waals surface area contributed by atoms with Gasteiger partial charge in [-0.05, 0) is 24.3 Å². The Labute approximate surface area is 172 Å². The van der Waals surface area contributed by atoms with Crippen LogP contribution >= 0.6 is 0 Å². The van der Waals surface area contributed by atoms with Crippen molar-refractivity contribution >= 4 is 23.7 Å². The highest BCUT2D eigenvalue weighted by Gasteiger charge is 2.36. The van der Waals surface area contributed by atoms with Crippen LogP contribution in [0.4, 0.5) is 0 Å². The summed E-state index contributed by atoms with van der Waals surface area (Å²) in [6, 6.07) is 13.4. The van der Waals surface area contributed by atoms with Crippen molar-refractivity contribution in [1.29, 1.82) is 0 Å². The van der Waals surface area contributed by atoms with Crippen LogP contribution in [-0.2, 0) is 14.3 Å². The van der Waals surface area contributed by atoms with E-state index in [-0.39, 0.29) is 24.3 Å². The number of methoxy groups -OCH3 is 1. The lowest BCUT2D eigenvalue weighted by Crippen LogP contribution is -2.37. The van der Waals surface area contributed by atoms with Crippen molar-refractivity contribution in [2.75, 3.05) is 33.4 Å². The van der Waals surface area contributed by atoms with E-state index in [1.807, 2.05) is 6.07 Å². The van der Waals surface area contributed by atoms with Crippen LogP contribution in [-0.4, -0.2) is 62.0 Å². The minimum absolute atomic E-state index is 0.187. The molecule has 0 spiro atoms. The molecule has 0 aliphatic carbocycles. The van der Waals surface area contributed by atoms with E-state index in [0.29, 0.717) is 11.5 Å². The number of esters is 1. The van der Waals surface area contributed by atoms with Crippen molar-refractivity contribution in [2.24, 2.45) is 0 Å². The normalized spacial score (nSPS) is 12.4. The number of hydrogen-bond acceptors (Lipinski definition) is 7. The molecule has 0 saturated carbocycles. The van der Waals surface area contributed by atoms with Crippen LogP contribution in [0.25, 0.3) is 0 Å². The summed E-state index contributed by atoms with van der Waals surface area (Å²) in [6.45, 7) is -0.713. The molecule has 0 fully saturated rings. The van der Waals surface area contributed by atoms with Gasteiger partial charge in [0.15, 0.2) is 18.1 Å². The average molecular weight is 412 g/mol. The fourth-order valence-electron chi connectivity index (χ4n) is 2.84. The third kappa shape index (κ3) is 4.75. The zero-order chi connectivity index (χ0) is 21.5. The Balaban J connectivity index is 1.37. The molecule has 1 aliphatic rings. The number of hydrogen-bond donors (Lipinski definition) is 1. The van der Waals surface area contributed by atoms with E-state index in [1.54, 1.807) is 30.3 Å². The van der Waals surface area contributed by atoms with Gasteiger partial charge in [0, 0.05) is 0 Å². The number of fused-ring (bicyclic) bond motifs is 1. The predicted molar refractivity (Wildman–Crippen MR) is 104 cm³/mol. The lowest BCUT2D eigenvalue weighted by molar-refractivity contribution is -0.148. The molecule has 9 heteroatoms. The molecule has 2 aromatic rings. The molecule has 0 saturated heterocycles. The van der Waals surface area contributed by atoms with Crippen LogP contribution in [0.5, 0.6) is 11.5 Å². The Morgan fingerprint density at radius 3 is 2.17 bits per heavy atom. The van der Waals surface area contributed by atoms with Gasteiger partial charge in [0.1, 0.15) is 13.2 Å². The predicted octanol–water partition coefficient (Wildman–Crippen LogP) is 1.03. The molecule has 3 amide bonds. The summed E-state index contributed by atoms with van der Waals surface area (Å²) >= 11 is 0. The Bertz CT molecular complexity index is 938. The van der Waals surface area contributed by atoms with E-state index < -0.39 is 36.8 Å². The monoisotopic (exact) mass is 412 g/mol. The molecule has 2 aromatic carbocycles. The first-order valence-electron chi connectivity index (χ1n) is 9.14. The number of rotatable bonds is 9. The van der Waals surface area contributed by atoms with E-state index in [9.17, 15) is 19.2 Å². The minimum atomic E-state index is -0.857. The van der Waals surface area contributed by atoms with Gasteiger partial charge in [0.05, 0.1) is 24.8 Å². The molecule has 3 rings (SSSR count). The van der Waals surface area contributed by atoms with E-state index >= 15 is 0 Å². The maximum absolute atomic E-state index is 12.2. The number of para-hydroxylation sites is 2. The molecule has 1 aliphatic heterocycles. The standard InChI is InChI=1S/C21H20N2O7/c1-28-16-8-4-5-9-17(16)29-11-10-22-18(24)13-30-19(25)12-23-20(26)14-6-2-3-7-15(14)21(23)27/h2-9H,10-13H2,1H3,(H,22,24). The van der Waals surface area contributed by atoms with Gasteiger partial charge in [-0.2, -0.15) is 0 Å². The van der Waals surface area contributed by atoms with Crippen LogP contribution < -0.4 is 14.8 Å². The lowest BCUT2D eigenvalue weighted by atomic mass is 10.1. The van der Waals surface area contributed by atoms with E-state index in [1.165, 1.54) is 19.2 Å². The molecular formula is C21H20N2O7. The van der Waals surface area contributed by atoms with Crippen LogP contribution in [0.15, 0.2) is 48.5 Å². The topological polar surface area (TPSA) is 111 Å². The summed E-state index contributed by atoms with van der Waals surface area (Å²) in [5, 5.41) is 2.54. The van der Waals surface area contributed by atoms with Crippen molar-refractivity contribution in [3.63, 3.8) is 0 Å². The summed E-state index contributed by atoms with van der Waals surface area (Å²) in [6.07, 6.45) is 0. The molecule has 0 atom stereocenters. The number of benzene rings is 2. The van der Waals surface area contributed by atoms with Gasteiger partial charge >= 0.3 is 5.97 Å². The van der Waals surface area contributed by atoms with Crippen molar-refractivity contribution in [1.82, 2.24) is 10.2 Å². The number of nitrogens with one attached hydrogen (secondary N) is 1. The Morgan fingerprint density at radius 1 is 0.933 bits per heavy atom. The van der Waals surface area contributed by atoms with Gasteiger partial charge in [0.2, 0.25) is 0 Å². The average Bonchev–Trinajstić information content (AvgIpc) is 3.00. The van der Waals surface area contributed by atoms with E-state index in [4.69, 9.17) is 14.2 Å². The molecule has 0 unspecified atom stereocenters. The summed E-state index contributed by atoms with van der Waals surface area (Å²) in [7, 11) is 1.53. The molecule has 9 nitrogen and oxygen atoms in total. The van der Waals surface area contributed by atoms with Crippen LogP contribution in [0, 0.1) is 0 Å². The van der Waals surface area contributed by atoms with Gasteiger partial charge in [-0.15, -0.1) is 0 Å². The van der Waals surface area contributed by atoms with Crippen LogP contribution in [0.2, 0.25) is 0 Å². The molecule has 30 heavy (non-hydrogen) atoms. The molecule has 1 heterocycles. The smallest absolute Gasteiger partial charge is 0.326 e. The van der Waals surface area contributed by atoms with Crippen LogP contribution in [0.3, 0.4) is 0 Å².